The van der Waals surface area contributed by atoms with Gasteiger partial charge in [-0.15, -0.1) is 0 Å². The van der Waals surface area contributed by atoms with Crippen LogP contribution in [0.25, 0.3) is 0 Å². The summed E-state index contributed by atoms with van der Waals surface area (Å²) in [7, 11) is 0. The third-order valence-electron chi connectivity index (χ3n) is 2.99. The van der Waals surface area contributed by atoms with E-state index in [-0.39, 0.29) is 5.82 Å². The van der Waals surface area contributed by atoms with Crippen LogP contribution in [0.15, 0.2) is 47.2 Å². The molecule has 0 amide bonds. The SMILES string of the molecule is OC(CCc1ccncc1)Cc1ccc(F)cc1Br. The number of hydrogen-bond acceptors (Lipinski definition) is 2. The summed E-state index contributed by atoms with van der Waals surface area (Å²) in [4.78, 5) is 3.96. The molecule has 2 aromatic rings. The second-order valence-electron chi connectivity index (χ2n) is 4.49. The number of benzene rings is 1. The number of nitrogens with zero attached hydrogens (tertiary/aromatic N) is 1. The van der Waals surface area contributed by atoms with Crippen molar-refractivity contribution in [1.29, 1.82) is 0 Å². The molecule has 2 rings (SSSR count). The zero-order chi connectivity index (χ0) is 13.7. The lowest BCUT2D eigenvalue weighted by Gasteiger charge is -2.12. The monoisotopic (exact) mass is 323 g/mol. The van der Waals surface area contributed by atoms with E-state index in [4.69, 9.17) is 0 Å². The third-order valence-corrected chi connectivity index (χ3v) is 3.72. The van der Waals surface area contributed by atoms with Crippen molar-refractivity contribution in [3.63, 3.8) is 0 Å². The zero-order valence-corrected chi connectivity index (χ0v) is 12.0. The normalized spacial score (nSPS) is 12.4. The van der Waals surface area contributed by atoms with Crippen LogP contribution < -0.4 is 0 Å². The number of rotatable bonds is 5. The highest BCUT2D eigenvalue weighted by atomic mass is 79.9. The number of aliphatic hydroxyl groups is 1. The molecule has 1 N–H and O–H groups in total. The van der Waals surface area contributed by atoms with Crippen LogP contribution in [-0.2, 0) is 12.8 Å². The van der Waals surface area contributed by atoms with E-state index in [1.54, 1.807) is 18.5 Å². The molecule has 1 aromatic carbocycles. The Morgan fingerprint density at radius 1 is 1.21 bits per heavy atom. The molecule has 1 atom stereocenters. The van der Waals surface area contributed by atoms with Crippen molar-refractivity contribution in [2.75, 3.05) is 0 Å². The molecule has 0 spiro atoms. The topological polar surface area (TPSA) is 33.1 Å². The highest BCUT2D eigenvalue weighted by Gasteiger charge is 2.09. The molecular formula is C15H15BrFNO. The van der Waals surface area contributed by atoms with Gasteiger partial charge in [0.25, 0.3) is 0 Å². The van der Waals surface area contributed by atoms with Crippen molar-refractivity contribution in [2.45, 2.75) is 25.4 Å². The van der Waals surface area contributed by atoms with Crippen LogP contribution in [0.1, 0.15) is 17.5 Å². The van der Waals surface area contributed by atoms with Gasteiger partial charge in [-0.05, 0) is 54.7 Å². The summed E-state index contributed by atoms with van der Waals surface area (Å²) in [5.74, 6) is -0.276. The lowest BCUT2D eigenvalue weighted by atomic mass is 10.0. The van der Waals surface area contributed by atoms with E-state index >= 15 is 0 Å². The molecular weight excluding hydrogens is 309 g/mol. The number of pyridine rings is 1. The van der Waals surface area contributed by atoms with Crippen LogP contribution >= 0.6 is 15.9 Å². The van der Waals surface area contributed by atoms with Crippen LogP contribution in [0.3, 0.4) is 0 Å². The molecule has 1 heterocycles. The Hall–Kier alpha value is -1.26. The maximum Gasteiger partial charge on any atom is 0.124 e. The first-order chi connectivity index (χ1) is 9.15. The second-order valence-corrected chi connectivity index (χ2v) is 5.34. The van der Waals surface area contributed by atoms with Gasteiger partial charge < -0.3 is 5.11 Å². The first kappa shape index (κ1) is 14.2. The minimum atomic E-state index is -0.435. The molecule has 2 nitrogen and oxygen atoms in total. The van der Waals surface area contributed by atoms with Crippen LogP contribution in [0.5, 0.6) is 0 Å². The van der Waals surface area contributed by atoms with Gasteiger partial charge in [0, 0.05) is 16.9 Å². The molecule has 100 valence electrons. The summed E-state index contributed by atoms with van der Waals surface area (Å²) >= 11 is 3.31. The van der Waals surface area contributed by atoms with Crippen molar-refractivity contribution in [2.24, 2.45) is 0 Å². The predicted molar refractivity (Wildman–Crippen MR) is 76.4 cm³/mol. The van der Waals surface area contributed by atoms with Gasteiger partial charge in [0.2, 0.25) is 0 Å². The van der Waals surface area contributed by atoms with Gasteiger partial charge >= 0.3 is 0 Å². The minimum Gasteiger partial charge on any atom is -0.393 e. The summed E-state index contributed by atoms with van der Waals surface area (Å²) in [6.45, 7) is 0. The van der Waals surface area contributed by atoms with Crippen LogP contribution in [-0.4, -0.2) is 16.2 Å². The Balaban J connectivity index is 1.89. The summed E-state index contributed by atoms with van der Waals surface area (Å²) in [6.07, 6.45) is 5.06. The van der Waals surface area contributed by atoms with E-state index < -0.39 is 6.10 Å². The maximum atomic E-state index is 13.0. The first-order valence-electron chi connectivity index (χ1n) is 6.16. The Morgan fingerprint density at radius 2 is 1.95 bits per heavy atom. The second kappa shape index (κ2) is 6.78. The zero-order valence-electron chi connectivity index (χ0n) is 10.4. The molecule has 0 radical (unpaired) electrons. The predicted octanol–water partition coefficient (Wildman–Crippen LogP) is 3.52. The van der Waals surface area contributed by atoms with Gasteiger partial charge in [-0.3, -0.25) is 4.98 Å². The molecule has 1 unspecified atom stereocenters. The third kappa shape index (κ3) is 4.40. The Kier molecular flexibility index (Phi) is 5.05. The van der Waals surface area contributed by atoms with Crippen molar-refractivity contribution in [3.8, 4) is 0 Å². The number of hydrogen-bond donors (Lipinski definition) is 1. The van der Waals surface area contributed by atoms with Crippen LogP contribution in [0, 0.1) is 5.82 Å². The molecule has 4 heteroatoms. The van der Waals surface area contributed by atoms with E-state index in [0.717, 1.165) is 17.5 Å². The number of aliphatic hydroxyl groups excluding tert-OH is 1. The highest BCUT2D eigenvalue weighted by Crippen LogP contribution is 2.20. The minimum absolute atomic E-state index is 0.276. The van der Waals surface area contributed by atoms with E-state index in [9.17, 15) is 9.50 Å². The molecule has 1 aromatic heterocycles. The summed E-state index contributed by atoms with van der Waals surface area (Å²) < 4.78 is 13.7. The number of aromatic nitrogens is 1. The van der Waals surface area contributed by atoms with Gasteiger partial charge in [0.1, 0.15) is 5.82 Å². The fraction of sp³-hybridized carbons (Fsp3) is 0.267. The van der Waals surface area contributed by atoms with Crippen LogP contribution in [0.4, 0.5) is 4.39 Å². The fourth-order valence-electron chi connectivity index (χ4n) is 1.93. The molecule has 0 aliphatic heterocycles. The van der Waals surface area contributed by atoms with E-state index in [1.165, 1.54) is 12.1 Å². The quantitative estimate of drug-likeness (QED) is 0.913. The average Bonchev–Trinajstić information content (AvgIpc) is 2.41. The van der Waals surface area contributed by atoms with Crippen molar-refractivity contribution >= 4 is 15.9 Å². The van der Waals surface area contributed by atoms with Gasteiger partial charge in [0.05, 0.1) is 6.10 Å². The Morgan fingerprint density at radius 3 is 2.63 bits per heavy atom. The molecule has 0 aliphatic carbocycles. The molecule has 0 fully saturated rings. The lowest BCUT2D eigenvalue weighted by Crippen LogP contribution is -2.12. The van der Waals surface area contributed by atoms with Crippen LogP contribution in [0.2, 0.25) is 0 Å². The van der Waals surface area contributed by atoms with E-state index in [1.807, 2.05) is 12.1 Å². The Bertz CT molecular complexity index is 533. The first-order valence-corrected chi connectivity index (χ1v) is 6.95. The standard InChI is InChI=1S/C15H15BrFNO/c16-15-10-13(17)3-2-12(15)9-14(19)4-1-11-5-7-18-8-6-11/h2-3,5-8,10,14,19H,1,4,9H2. The van der Waals surface area contributed by atoms with Gasteiger partial charge in [0.15, 0.2) is 0 Å². The smallest absolute Gasteiger partial charge is 0.124 e. The van der Waals surface area contributed by atoms with Crippen molar-refractivity contribution in [3.05, 3.63) is 64.1 Å². The van der Waals surface area contributed by atoms with E-state index in [2.05, 4.69) is 20.9 Å². The summed E-state index contributed by atoms with van der Waals surface area (Å²) in [6, 6.07) is 8.43. The maximum absolute atomic E-state index is 13.0. The van der Waals surface area contributed by atoms with Crippen molar-refractivity contribution in [1.82, 2.24) is 4.98 Å². The summed E-state index contributed by atoms with van der Waals surface area (Å²) in [5, 5.41) is 10.0. The number of aryl methyl sites for hydroxylation is 1. The largest absolute Gasteiger partial charge is 0.393 e. The number of halogens is 2. The summed E-state index contributed by atoms with van der Waals surface area (Å²) in [5.41, 5.74) is 2.08. The molecule has 19 heavy (non-hydrogen) atoms. The highest BCUT2D eigenvalue weighted by molar-refractivity contribution is 9.10. The molecule has 0 saturated heterocycles. The van der Waals surface area contributed by atoms with Crippen molar-refractivity contribution < 1.29 is 9.50 Å². The molecule has 0 aliphatic rings. The van der Waals surface area contributed by atoms with Gasteiger partial charge in [-0.1, -0.05) is 22.0 Å². The molecule has 0 bridgehead atoms. The average molecular weight is 324 g/mol. The van der Waals surface area contributed by atoms with E-state index in [0.29, 0.717) is 17.3 Å². The fourth-order valence-corrected chi connectivity index (χ4v) is 2.44. The van der Waals surface area contributed by atoms with Gasteiger partial charge in [-0.25, -0.2) is 4.39 Å². The lowest BCUT2D eigenvalue weighted by molar-refractivity contribution is 0.165. The Labute approximate surface area is 120 Å². The molecule has 0 saturated carbocycles. The van der Waals surface area contributed by atoms with Gasteiger partial charge in [-0.2, -0.15) is 0 Å².